The van der Waals surface area contributed by atoms with Crippen LogP contribution >= 0.6 is 11.6 Å². The molecule has 0 spiro atoms. The zero-order valence-corrected chi connectivity index (χ0v) is 18.5. The topological polar surface area (TPSA) is 70.6 Å². The number of carbonyl (C=O) groups excluding carboxylic acids is 2. The monoisotopic (exact) mass is 421 g/mol. The molecular weight excluding hydrogens is 386 g/mol. The lowest BCUT2D eigenvalue weighted by atomic mass is 10.1. The van der Waals surface area contributed by atoms with E-state index in [4.69, 9.17) is 11.6 Å². The summed E-state index contributed by atoms with van der Waals surface area (Å²) in [7, 11) is 0. The predicted octanol–water partition coefficient (Wildman–Crippen LogP) is 5.61. The number of unbranched alkanes of at least 4 members (excludes halogenated alkanes) is 10. The van der Waals surface area contributed by atoms with Gasteiger partial charge in [0.2, 0.25) is 5.91 Å². The molecule has 0 unspecified atom stereocenters. The molecule has 0 aliphatic heterocycles. The molecule has 0 atom stereocenters. The second-order valence-electron chi connectivity index (χ2n) is 7.41. The van der Waals surface area contributed by atoms with Crippen molar-refractivity contribution >= 4 is 29.6 Å². The third-order valence-corrected chi connectivity index (χ3v) is 4.98. The minimum Gasteiger partial charge on any atom is -0.347 e. The van der Waals surface area contributed by atoms with E-state index in [1.807, 2.05) is 0 Å². The van der Waals surface area contributed by atoms with Crippen LogP contribution in [0.15, 0.2) is 29.4 Å². The molecule has 6 heteroatoms. The summed E-state index contributed by atoms with van der Waals surface area (Å²) in [6.07, 6.45) is 15.8. The smallest absolute Gasteiger partial charge is 0.259 e. The van der Waals surface area contributed by atoms with Gasteiger partial charge in [-0.05, 0) is 24.1 Å². The molecule has 0 aliphatic rings. The zero-order chi connectivity index (χ0) is 21.2. The van der Waals surface area contributed by atoms with Crippen LogP contribution < -0.4 is 10.7 Å². The summed E-state index contributed by atoms with van der Waals surface area (Å²) in [6, 6.07) is 7.10. The molecule has 1 aromatic rings. The van der Waals surface area contributed by atoms with Crippen molar-refractivity contribution in [1.82, 2.24) is 10.7 Å². The largest absolute Gasteiger partial charge is 0.347 e. The molecule has 2 amide bonds. The van der Waals surface area contributed by atoms with E-state index < -0.39 is 0 Å². The van der Waals surface area contributed by atoms with E-state index in [2.05, 4.69) is 22.8 Å². The van der Waals surface area contributed by atoms with Crippen molar-refractivity contribution in [1.29, 1.82) is 0 Å². The lowest BCUT2D eigenvalue weighted by Crippen LogP contribution is -2.34. The molecule has 0 fully saturated rings. The Morgan fingerprint density at radius 1 is 0.862 bits per heavy atom. The lowest BCUT2D eigenvalue weighted by molar-refractivity contribution is -0.126. The lowest BCUT2D eigenvalue weighted by Gasteiger charge is -2.05. The Hall–Kier alpha value is -1.88. The van der Waals surface area contributed by atoms with Crippen LogP contribution in [-0.2, 0) is 9.59 Å². The Morgan fingerprint density at radius 2 is 1.41 bits per heavy atom. The third kappa shape index (κ3) is 14.7. The van der Waals surface area contributed by atoms with Crippen molar-refractivity contribution in [2.75, 3.05) is 6.54 Å². The summed E-state index contributed by atoms with van der Waals surface area (Å²) in [5.41, 5.74) is 3.22. The Bertz CT molecular complexity index is 603. The summed E-state index contributed by atoms with van der Waals surface area (Å²) in [5, 5.41) is 7.14. The van der Waals surface area contributed by atoms with Gasteiger partial charge in [0.05, 0.1) is 12.8 Å². The Labute approximate surface area is 180 Å². The molecule has 0 aliphatic carbocycles. The highest BCUT2D eigenvalue weighted by atomic mass is 35.5. The number of benzene rings is 1. The first-order chi connectivity index (χ1) is 14.1. The van der Waals surface area contributed by atoms with E-state index in [-0.39, 0.29) is 18.4 Å². The highest BCUT2D eigenvalue weighted by molar-refractivity contribution is 6.30. The normalized spacial score (nSPS) is 11.0. The second kappa shape index (κ2) is 17.0. The van der Waals surface area contributed by atoms with Gasteiger partial charge in [0.25, 0.3) is 5.91 Å². The van der Waals surface area contributed by atoms with Gasteiger partial charge in [-0.25, -0.2) is 5.43 Å². The Kier molecular flexibility index (Phi) is 14.8. The fraction of sp³-hybridized carbons (Fsp3) is 0.609. The van der Waals surface area contributed by atoms with Crippen LogP contribution in [0.2, 0.25) is 5.02 Å². The molecule has 5 nitrogen and oxygen atoms in total. The van der Waals surface area contributed by atoms with Crippen molar-refractivity contribution in [3.63, 3.8) is 0 Å². The number of hydrogen-bond donors (Lipinski definition) is 2. The molecule has 2 N–H and O–H groups in total. The van der Waals surface area contributed by atoms with E-state index in [9.17, 15) is 9.59 Å². The van der Waals surface area contributed by atoms with Crippen LogP contribution in [0.25, 0.3) is 0 Å². The maximum atomic E-state index is 11.8. The number of halogens is 1. The van der Waals surface area contributed by atoms with Gasteiger partial charge in [-0.2, -0.15) is 5.10 Å². The van der Waals surface area contributed by atoms with Gasteiger partial charge in [-0.3, -0.25) is 9.59 Å². The van der Waals surface area contributed by atoms with Gasteiger partial charge in [0.15, 0.2) is 0 Å². The molecular formula is C23H36ClN3O2. The Balaban J connectivity index is 1.95. The molecule has 1 rings (SSSR count). The van der Waals surface area contributed by atoms with Crippen LogP contribution in [0.4, 0.5) is 0 Å². The summed E-state index contributed by atoms with van der Waals surface area (Å²) in [6.45, 7) is 2.18. The summed E-state index contributed by atoms with van der Waals surface area (Å²) < 4.78 is 0. The first-order valence-corrected chi connectivity index (χ1v) is 11.3. The predicted molar refractivity (Wildman–Crippen MR) is 121 cm³/mol. The molecule has 0 bridgehead atoms. The van der Waals surface area contributed by atoms with Crippen molar-refractivity contribution in [3.8, 4) is 0 Å². The molecule has 0 saturated carbocycles. The van der Waals surface area contributed by atoms with Crippen LogP contribution in [0, 0.1) is 0 Å². The Morgan fingerprint density at radius 3 is 2.00 bits per heavy atom. The average Bonchev–Trinajstić information content (AvgIpc) is 2.72. The standard InChI is InChI=1S/C23H36ClN3O2/c1-2-3-4-5-6-7-8-9-10-11-12-13-22(28)25-19-23(29)27-26-18-20-14-16-21(24)17-15-20/h14-18H,2-13,19H2,1H3,(H,25,28)(H,27,29). The summed E-state index contributed by atoms with van der Waals surface area (Å²) >= 11 is 5.81. The number of carbonyl (C=O) groups is 2. The van der Waals surface area contributed by atoms with Crippen LogP contribution in [0.3, 0.4) is 0 Å². The molecule has 0 radical (unpaired) electrons. The van der Waals surface area contributed by atoms with Crippen molar-refractivity contribution in [2.24, 2.45) is 5.10 Å². The SMILES string of the molecule is CCCCCCCCCCCCCC(=O)NCC(=O)NN=Cc1ccc(Cl)cc1. The third-order valence-electron chi connectivity index (χ3n) is 4.73. The molecule has 0 heterocycles. The van der Waals surface area contributed by atoms with E-state index >= 15 is 0 Å². The summed E-state index contributed by atoms with van der Waals surface area (Å²) in [4.78, 5) is 23.5. The van der Waals surface area contributed by atoms with Crippen LogP contribution in [0.1, 0.15) is 89.5 Å². The number of nitrogens with zero attached hydrogens (tertiary/aromatic N) is 1. The highest BCUT2D eigenvalue weighted by Crippen LogP contribution is 2.12. The molecule has 162 valence electrons. The molecule has 0 saturated heterocycles. The highest BCUT2D eigenvalue weighted by Gasteiger charge is 2.04. The van der Waals surface area contributed by atoms with E-state index in [0.29, 0.717) is 11.4 Å². The average molecular weight is 422 g/mol. The van der Waals surface area contributed by atoms with Crippen LogP contribution in [0.5, 0.6) is 0 Å². The minimum absolute atomic E-state index is 0.0607. The minimum atomic E-state index is -0.345. The van der Waals surface area contributed by atoms with Crippen molar-refractivity contribution in [2.45, 2.75) is 84.0 Å². The van der Waals surface area contributed by atoms with Gasteiger partial charge in [-0.15, -0.1) is 0 Å². The van der Waals surface area contributed by atoms with E-state index in [1.165, 1.54) is 64.0 Å². The summed E-state index contributed by atoms with van der Waals surface area (Å²) in [5.74, 6) is -0.430. The molecule has 29 heavy (non-hydrogen) atoms. The molecule has 0 aromatic heterocycles. The molecule has 1 aromatic carbocycles. The van der Waals surface area contributed by atoms with E-state index in [0.717, 1.165) is 18.4 Å². The van der Waals surface area contributed by atoms with Gasteiger partial charge in [0, 0.05) is 11.4 Å². The second-order valence-corrected chi connectivity index (χ2v) is 7.84. The maximum absolute atomic E-state index is 11.8. The van der Waals surface area contributed by atoms with Gasteiger partial charge >= 0.3 is 0 Å². The van der Waals surface area contributed by atoms with Gasteiger partial charge in [-0.1, -0.05) is 94.9 Å². The van der Waals surface area contributed by atoms with Crippen molar-refractivity contribution in [3.05, 3.63) is 34.9 Å². The number of hydrogen-bond acceptors (Lipinski definition) is 3. The fourth-order valence-electron chi connectivity index (χ4n) is 2.98. The maximum Gasteiger partial charge on any atom is 0.259 e. The van der Waals surface area contributed by atoms with Crippen LogP contribution in [-0.4, -0.2) is 24.6 Å². The van der Waals surface area contributed by atoms with Gasteiger partial charge < -0.3 is 5.32 Å². The first-order valence-electron chi connectivity index (χ1n) is 11.0. The zero-order valence-electron chi connectivity index (χ0n) is 17.7. The first kappa shape index (κ1) is 25.2. The van der Waals surface area contributed by atoms with Gasteiger partial charge in [0.1, 0.15) is 0 Å². The number of nitrogens with one attached hydrogen (secondary N) is 2. The number of amides is 2. The van der Waals surface area contributed by atoms with Crippen molar-refractivity contribution < 1.29 is 9.59 Å². The fourth-order valence-corrected chi connectivity index (χ4v) is 3.11. The number of hydrazone groups is 1. The number of rotatable bonds is 16. The van der Waals surface area contributed by atoms with E-state index in [1.54, 1.807) is 24.3 Å². The quantitative estimate of drug-likeness (QED) is 0.207.